The first-order valence-corrected chi connectivity index (χ1v) is 9.56. The predicted molar refractivity (Wildman–Crippen MR) is 90.8 cm³/mol. The van der Waals surface area contributed by atoms with Crippen LogP contribution in [0.5, 0.6) is 0 Å². The Hall–Kier alpha value is -1.16. The molecule has 1 amide bonds. The first kappa shape index (κ1) is 16.3. The minimum Gasteiger partial charge on any atom is -0.395 e. The molecule has 4 nitrogen and oxygen atoms in total. The molecule has 0 aliphatic heterocycles. The van der Waals surface area contributed by atoms with Gasteiger partial charge in [-0.3, -0.25) is 9.59 Å². The van der Waals surface area contributed by atoms with Crippen LogP contribution in [-0.4, -0.2) is 23.4 Å². The Labute approximate surface area is 143 Å². The fourth-order valence-corrected chi connectivity index (χ4v) is 7.13. The zero-order valence-electron chi connectivity index (χ0n) is 14.6. The van der Waals surface area contributed by atoms with Crippen molar-refractivity contribution >= 4 is 11.7 Å². The van der Waals surface area contributed by atoms with Crippen molar-refractivity contribution in [3.63, 3.8) is 0 Å². The molecule has 3 fully saturated rings. The van der Waals surface area contributed by atoms with Gasteiger partial charge in [0.15, 0.2) is 5.78 Å². The molecule has 4 aliphatic rings. The molecule has 3 saturated carbocycles. The molecule has 24 heavy (non-hydrogen) atoms. The van der Waals surface area contributed by atoms with Gasteiger partial charge in [-0.05, 0) is 74.2 Å². The molecule has 132 valence electrons. The number of aliphatic hydroxyl groups excluding tert-OH is 1. The van der Waals surface area contributed by atoms with E-state index in [9.17, 15) is 14.7 Å². The van der Waals surface area contributed by atoms with Crippen LogP contribution in [0.3, 0.4) is 0 Å². The van der Waals surface area contributed by atoms with Gasteiger partial charge in [0.1, 0.15) is 0 Å². The number of hydrogen-bond acceptors (Lipinski definition) is 3. The maximum Gasteiger partial charge on any atom is 0.221 e. The van der Waals surface area contributed by atoms with Gasteiger partial charge >= 0.3 is 0 Å². The fourth-order valence-electron chi connectivity index (χ4n) is 7.13. The van der Waals surface area contributed by atoms with Crippen LogP contribution in [0.4, 0.5) is 0 Å². The van der Waals surface area contributed by atoms with E-state index < -0.39 is 0 Å². The van der Waals surface area contributed by atoms with Gasteiger partial charge in [-0.1, -0.05) is 12.5 Å². The second-order valence-electron chi connectivity index (χ2n) is 8.94. The highest BCUT2D eigenvalue weighted by Crippen LogP contribution is 2.66. The molecule has 3 N–H and O–H groups in total. The normalized spacial score (nSPS) is 47.4. The molecule has 0 bridgehead atoms. The minimum atomic E-state index is -0.178. The molecule has 0 spiro atoms. The lowest BCUT2D eigenvalue weighted by Crippen LogP contribution is -2.53. The van der Waals surface area contributed by atoms with E-state index in [4.69, 9.17) is 5.73 Å². The number of carbonyl (C=O) groups is 2. The van der Waals surface area contributed by atoms with Crippen molar-refractivity contribution in [3.8, 4) is 0 Å². The maximum absolute atomic E-state index is 11.9. The standard InChI is InChI=1S/C20H29NO3/c1-19-8-7-16-14(15(19)4-5-17(19)18(21)24)3-2-12-10-13(23)6-9-20(12,16)11-22/h10,14-17,22H,2-9,11H2,1H3,(H2,21,24)/t14-,15-,16-,17+,19-,20+/m0/s1. The number of carbonyl (C=O) groups excluding carboxylic acids is 2. The third kappa shape index (κ3) is 2.01. The summed E-state index contributed by atoms with van der Waals surface area (Å²) in [7, 11) is 0. The summed E-state index contributed by atoms with van der Waals surface area (Å²) in [5.74, 6) is 1.67. The van der Waals surface area contributed by atoms with Gasteiger partial charge in [0, 0.05) is 17.8 Å². The average molecular weight is 331 g/mol. The molecule has 4 rings (SSSR count). The second-order valence-corrected chi connectivity index (χ2v) is 8.94. The van der Waals surface area contributed by atoms with Crippen molar-refractivity contribution in [2.24, 2.45) is 40.2 Å². The largest absolute Gasteiger partial charge is 0.395 e. The Bertz CT molecular complexity index is 612. The Balaban J connectivity index is 1.69. The topological polar surface area (TPSA) is 80.4 Å². The second kappa shape index (κ2) is 5.42. The number of primary amides is 1. The molecule has 0 aromatic rings. The number of ketones is 1. The predicted octanol–water partition coefficient (Wildman–Crippen LogP) is 2.59. The van der Waals surface area contributed by atoms with Crippen molar-refractivity contribution in [1.29, 1.82) is 0 Å². The molecule has 4 heteroatoms. The first-order valence-electron chi connectivity index (χ1n) is 9.56. The molecule has 6 atom stereocenters. The van der Waals surface area contributed by atoms with E-state index in [0.29, 0.717) is 24.2 Å². The quantitative estimate of drug-likeness (QED) is 0.816. The number of nitrogens with two attached hydrogens (primary N) is 1. The van der Waals surface area contributed by atoms with Gasteiger partial charge in [-0.25, -0.2) is 0 Å². The van der Waals surface area contributed by atoms with Crippen LogP contribution in [0.25, 0.3) is 0 Å². The van der Waals surface area contributed by atoms with E-state index in [2.05, 4.69) is 6.92 Å². The summed E-state index contributed by atoms with van der Waals surface area (Å²) in [5, 5.41) is 10.3. The Morgan fingerprint density at radius 2 is 2.00 bits per heavy atom. The molecular formula is C20H29NO3. The van der Waals surface area contributed by atoms with Gasteiger partial charge in [0.2, 0.25) is 5.91 Å². The summed E-state index contributed by atoms with van der Waals surface area (Å²) in [4.78, 5) is 23.8. The van der Waals surface area contributed by atoms with E-state index in [1.54, 1.807) is 0 Å². The lowest BCUT2D eigenvalue weighted by atomic mass is 9.46. The Kier molecular flexibility index (Phi) is 3.68. The van der Waals surface area contributed by atoms with Crippen molar-refractivity contribution in [1.82, 2.24) is 0 Å². The van der Waals surface area contributed by atoms with E-state index >= 15 is 0 Å². The van der Waals surface area contributed by atoms with E-state index in [1.165, 1.54) is 5.57 Å². The van der Waals surface area contributed by atoms with Crippen LogP contribution in [0.1, 0.15) is 58.3 Å². The van der Waals surface area contributed by atoms with Crippen LogP contribution >= 0.6 is 0 Å². The van der Waals surface area contributed by atoms with Gasteiger partial charge in [-0.2, -0.15) is 0 Å². The monoisotopic (exact) mass is 331 g/mol. The van der Waals surface area contributed by atoms with Crippen LogP contribution in [-0.2, 0) is 9.59 Å². The van der Waals surface area contributed by atoms with Crippen LogP contribution in [0.2, 0.25) is 0 Å². The van der Waals surface area contributed by atoms with E-state index in [0.717, 1.165) is 44.9 Å². The molecule has 0 radical (unpaired) electrons. The zero-order chi connectivity index (χ0) is 17.1. The third-order valence-electron chi connectivity index (χ3n) is 8.31. The summed E-state index contributed by atoms with van der Waals surface area (Å²) in [6.45, 7) is 2.44. The van der Waals surface area contributed by atoms with E-state index in [1.807, 2.05) is 6.08 Å². The molecule has 0 heterocycles. The summed E-state index contributed by atoms with van der Waals surface area (Å²) < 4.78 is 0. The molecule has 0 saturated heterocycles. The summed E-state index contributed by atoms with van der Waals surface area (Å²) in [6.07, 6.45) is 9.32. The van der Waals surface area contributed by atoms with Crippen LogP contribution in [0.15, 0.2) is 11.6 Å². The van der Waals surface area contributed by atoms with Gasteiger partial charge in [-0.15, -0.1) is 0 Å². The van der Waals surface area contributed by atoms with Gasteiger partial charge < -0.3 is 10.8 Å². The Morgan fingerprint density at radius 3 is 2.71 bits per heavy atom. The fraction of sp³-hybridized carbons (Fsp3) is 0.800. The zero-order valence-corrected chi connectivity index (χ0v) is 14.6. The summed E-state index contributed by atoms with van der Waals surface area (Å²) in [5.41, 5.74) is 6.77. The lowest BCUT2D eigenvalue weighted by Gasteiger charge is -2.58. The van der Waals surface area contributed by atoms with Crippen LogP contribution in [0, 0.1) is 34.5 Å². The van der Waals surface area contributed by atoms with Crippen molar-refractivity contribution in [2.45, 2.75) is 58.3 Å². The van der Waals surface area contributed by atoms with Crippen molar-refractivity contribution < 1.29 is 14.7 Å². The summed E-state index contributed by atoms with van der Waals surface area (Å²) >= 11 is 0. The highest BCUT2D eigenvalue weighted by atomic mass is 16.3. The number of rotatable bonds is 2. The summed E-state index contributed by atoms with van der Waals surface area (Å²) in [6, 6.07) is 0. The molecular weight excluding hydrogens is 302 g/mol. The van der Waals surface area contributed by atoms with Crippen LogP contribution < -0.4 is 5.73 Å². The minimum absolute atomic E-state index is 0.0124. The molecule has 0 aromatic heterocycles. The van der Waals surface area contributed by atoms with E-state index in [-0.39, 0.29) is 35.0 Å². The number of aliphatic hydroxyl groups is 1. The highest BCUT2D eigenvalue weighted by molar-refractivity contribution is 5.91. The molecule has 4 aliphatic carbocycles. The number of fused-ring (bicyclic) bond motifs is 5. The lowest BCUT2D eigenvalue weighted by molar-refractivity contribution is -0.131. The maximum atomic E-state index is 11.9. The van der Waals surface area contributed by atoms with Crippen molar-refractivity contribution in [2.75, 3.05) is 6.61 Å². The number of amides is 1. The van der Waals surface area contributed by atoms with Gasteiger partial charge in [0.05, 0.1) is 6.61 Å². The third-order valence-corrected chi connectivity index (χ3v) is 8.31. The number of hydrogen-bond donors (Lipinski definition) is 2. The Morgan fingerprint density at radius 1 is 1.21 bits per heavy atom. The first-order chi connectivity index (χ1) is 11.4. The van der Waals surface area contributed by atoms with Gasteiger partial charge in [0.25, 0.3) is 0 Å². The average Bonchev–Trinajstić information content (AvgIpc) is 2.91. The van der Waals surface area contributed by atoms with Crippen molar-refractivity contribution in [3.05, 3.63) is 11.6 Å². The highest BCUT2D eigenvalue weighted by Gasteiger charge is 2.60. The smallest absolute Gasteiger partial charge is 0.221 e. The molecule has 0 aromatic carbocycles. The SMILES string of the molecule is C[C@]12CC[C@H]3[C@@H](CCC4=CC(=O)CC[C@@]43CO)[C@@H]1CC[C@@H]2C(N)=O. The molecule has 0 unspecified atom stereocenters.